The number of H-pyrrole nitrogens is 1. The molecule has 1 aliphatic rings. The molecule has 0 aromatic carbocycles. The van der Waals surface area contributed by atoms with Crippen LogP contribution in [0.2, 0.25) is 0 Å². The fourth-order valence-corrected chi connectivity index (χ4v) is 2.24. The number of tetrazole rings is 1. The summed E-state index contributed by atoms with van der Waals surface area (Å²) in [7, 11) is 1.72. The van der Waals surface area contributed by atoms with E-state index in [0.29, 0.717) is 11.7 Å². The second-order valence-corrected chi connectivity index (χ2v) is 3.82. The molecule has 1 saturated carbocycles. The molecule has 1 aromatic rings. The summed E-state index contributed by atoms with van der Waals surface area (Å²) in [5, 5.41) is 14.0. The van der Waals surface area contributed by atoms with E-state index < -0.39 is 0 Å². The van der Waals surface area contributed by atoms with E-state index in [2.05, 4.69) is 20.6 Å². The number of aromatic amines is 1. The van der Waals surface area contributed by atoms with Crippen molar-refractivity contribution in [3.8, 4) is 0 Å². The molecule has 0 saturated heterocycles. The molecule has 14 heavy (non-hydrogen) atoms. The quantitative estimate of drug-likeness (QED) is 0.795. The molecule has 1 atom stereocenters. The Balaban J connectivity index is 2.04. The van der Waals surface area contributed by atoms with Crippen molar-refractivity contribution in [3.05, 3.63) is 5.82 Å². The van der Waals surface area contributed by atoms with Crippen molar-refractivity contribution in [3.63, 3.8) is 0 Å². The Labute approximate surface area is 83.2 Å². The van der Waals surface area contributed by atoms with Crippen LogP contribution in [0.3, 0.4) is 0 Å². The van der Waals surface area contributed by atoms with Crippen LogP contribution in [0.15, 0.2) is 0 Å². The Morgan fingerprint density at radius 3 is 2.71 bits per heavy atom. The predicted octanol–water partition coefficient (Wildman–Crippen LogP) is 1.47. The molecule has 1 fully saturated rings. The molecule has 2 rings (SSSR count). The van der Waals surface area contributed by atoms with Crippen molar-refractivity contribution in [2.24, 2.45) is 5.92 Å². The largest absolute Gasteiger partial charge is 0.373 e. The van der Waals surface area contributed by atoms with Crippen molar-refractivity contribution in [2.75, 3.05) is 7.11 Å². The average Bonchev–Trinajstić information content (AvgIpc) is 2.74. The molecule has 0 amide bonds. The molecule has 1 aromatic heterocycles. The zero-order chi connectivity index (χ0) is 9.80. The molecule has 1 heterocycles. The summed E-state index contributed by atoms with van der Waals surface area (Å²) in [6.45, 7) is 0. The van der Waals surface area contributed by atoms with Crippen molar-refractivity contribution in [2.45, 2.75) is 38.2 Å². The minimum Gasteiger partial charge on any atom is -0.373 e. The normalized spacial score (nSPS) is 20.9. The van der Waals surface area contributed by atoms with E-state index in [-0.39, 0.29) is 6.10 Å². The van der Waals surface area contributed by atoms with Gasteiger partial charge in [0.15, 0.2) is 0 Å². The molecule has 0 radical (unpaired) electrons. The number of ether oxygens (including phenoxy) is 1. The Bertz CT molecular complexity index is 256. The van der Waals surface area contributed by atoms with Crippen molar-refractivity contribution < 1.29 is 4.74 Å². The van der Waals surface area contributed by atoms with E-state index in [1.54, 1.807) is 7.11 Å². The van der Waals surface area contributed by atoms with Crippen LogP contribution in [-0.4, -0.2) is 27.7 Å². The van der Waals surface area contributed by atoms with Crippen LogP contribution in [-0.2, 0) is 4.74 Å². The van der Waals surface area contributed by atoms with Crippen molar-refractivity contribution in [1.82, 2.24) is 20.6 Å². The zero-order valence-electron chi connectivity index (χ0n) is 8.44. The predicted molar refractivity (Wildman–Crippen MR) is 50.5 cm³/mol. The highest BCUT2D eigenvalue weighted by molar-refractivity contribution is 4.89. The first-order chi connectivity index (χ1) is 6.92. The van der Waals surface area contributed by atoms with Crippen LogP contribution >= 0.6 is 0 Å². The monoisotopic (exact) mass is 196 g/mol. The summed E-state index contributed by atoms with van der Waals surface area (Å²) in [6.07, 6.45) is 6.39. The lowest BCUT2D eigenvalue weighted by molar-refractivity contribution is 0.0289. The maximum Gasteiger partial charge on any atom is 0.203 e. The minimum absolute atomic E-state index is 0.0223. The van der Waals surface area contributed by atoms with Crippen molar-refractivity contribution >= 4 is 0 Å². The molecule has 0 aliphatic heterocycles. The topological polar surface area (TPSA) is 63.7 Å². The molecular formula is C9H16N4O. The summed E-state index contributed by atoms with van der Waals surface area (Å²) in [5.41, 5.74) is 0. The smallest absolute Gasteiger partial charge is 0.203 e. The van der Waals surface area contributed by atoms with E-state index in [4.69, 9.17) is 4.74 Å². The first-order valence-corrected chi connectivity index (χ1v) is 5.18. The highest BCUT2D eigenvalue weighted by Gasteiger charge is 2.27. The Kier molecular flexibility index (Phi) is 3.08. The van der Waals surface area contributed by atoms with Gasteiger partial charge >= 0.3 is 0 Å². The number of methoxy groups -OCH3 is 1. The van der Waals surface area contributed by atoms with Gasteiger partial charge in [0.05, 0.1) is 0 Å². The number of nitrogens with one attached hydrogen (secondary N) is 1. The van der Waals surface area contributed by atoms with Crippen LogP contribution in [0.25, 0.3) is 0 Å². The molecule has 0 spiro atoms. The van der Waals surface area contributed by atoms with E-state index >= 15 is 0 Å². The maximum absolute atomic E-state index is 5.45. The lowest BCUT2D eigenvalue weighted by Crippen LogP contribution is -2.19. The van der Waals surface area contributed by atoms with Gasteiger partial charge in [-0.1, -0.05) is 24.5 Å². The number of nitrogens with zero attached hydrogens (tertiary/aromatic N) is 3. The lowest BCUT2D eigenvalue weighted by Gasteiger charge is -2.26. The Morgan fingerprint density at radius 1 is 1.36 bits per heavy atom. The van der Waals surface area contributed by atoms with Gasteiger partial charge in [0.1, 0.15) is 6.10 Å². The molecule has 5 heteroatoms. The molecule has 1 N–H and O–H groups in total. The summed E-state index contributed by atoms with van der Waals surface area (Å²) in [5.74, 6) is 1.26. The van der Waals surface area contributed by atoms with Crippen LogP contribution in [0, 0.1) is 5.92 Å². The Morgan fingerprint density at radius 2 is 2.14 bits per heavy atom. The van der Waals surface area contributed by atoms with Gasteiger partial charge in [-0.15, -0.1) is 10.2 Å². The van der Waals surface area contributed by atoms with Crippen LogP contribution in [0.5, 0.6) is 0 Å². The molecule has 0 bridgehead atoms. The number of hydrogen-bond donors (Lipinski definition) is 1. The fourth-order valence-electron chi connectivity index (χ4n) is 2.24. The van der Waals surface area contributed by atoms with Gasteiger partial charge in [0.25, 0.3) is 0 Å². The number of rotatable bonds is 3. The summed E-state index contributed by atoms with van der Waals surface area (Å²) in [4.78, 5) is 0. The molecule has 1 aliphatic carbocycles. The van der Waals surface area contributed by atoms with Crippen LogP contribution in [0.1, 0.15) is 44.0 Å². The van der Waals surface area contributed by atoms with Gasteiger partial charge in [0, 0.05) is 7.11 Å². The fraction of sp³-hybridized carbons (Fsp3) is 0.889. The summed E-state index contributed by atoms with van der Waals surface area (Å²) >= 11 is 0. The third-order valence-corrected chi connectivity index (χ3v) is 2.95. The van der Waals surface area contributed by atoms with Crippen molar-refractivity contribution in [1.29, 1.82) is 0 Å². The molecule has 1 unspecified atom stereocenters. The molecule has 5 nitrogen and oxygen atoms in total. The van der Waals surface area contributed by atoms with Gasteiger partial charge in [-0.05, 0) is 18.8 Å². The molecular weight excluding hydrogens is 180 g/mol. The average molecular weight is 196 g/mol. The Hall–Kier alpha value is -0.970. The highest BCUT2D eigenvalue weighted by atomic mass is 16.5. The van der Waals surface area contributed by atoms with E-state index in [1.165, 1.54) is 32.1 Å². The summed E-state index contributed by atoms with van der Waals surface area (Å²) < 4.78 is 5.45. The first-order valence-electron chi connectivity index (χ1n) is 5.18. The zero-order valence-corrected chi connectivity index (χ0v) is 8.44. The van der Waals surface area contributed by atoms with Gasteiger partial charge in [-0.25, -0.2) is 0 Å². The SMILES string of the molecule is COC(c1nn[nH]n1)C1CCCCC1. The molecule has 78 valence electrons. The standard InChI is InChI=1S/C9H16N4O/c1-14-8(9-10-12-13-11-9)7-5-3-2-4-6-7/h7-8H,2-6H2,1H3,(H,10,11,12,13). The summed E-state index contributed by atoms with van der Waals surface area (Å²) in [6, 6.07) is 0. The second kappa shape index (κ2) is 4.50. The van der Waals surface area contributed by atoms with Gasteiger partial charge in [-0.2, -0.15) is 5.21 Å². The number of aromatic nitrogens is 4. The van der Waals surface area contributed by atoms with Crippen LogP contribution < -0.4 is 0 Å². The minimum atomic E-state index is 0.0223. The van der Waals surface area contributed by atoms with E-state index in [9.17, 15) is 0 Å². The number of hydrogen-bond acceptors (Lipinski definition) is 4. The lowest BCUT2D eigenvalue weighted by atomic mass is 9.85. The van der Waals surface area contributed by atoms with Gasteiger partial charge in [-0.3, -0.25) is 0 Å². The van der Waals surface area contributed by atoms with E-state index in [0.717, 1.165) is 0 Å². The third-order valence-electron chi connectivity index (χ3n) is 2.95. The first kappa shape index (κ1) is 9.58. The van der Waals surface area contributed by atoms with Crippen LogP contribution in [0.4, 0.5) is 0 Å². The highest BCUT2D eigenvalue weighted by Crippen LogP contribution is 2.34. The maximum atomic E-state index is 5.45. The van der Waals surface area contributed by atoms with Gasteiger partial charge in [0.2, 0.25) is 5.82 Å². The van der Waals surface area contributed by atoms with E-state index in [1.807, 2.05) is 0 Å². The third kappa shape index (κ3) is 1.92. The van der Waals surface area contributed by atoms with Gasteiger partial charge < -0.3 is 4.74 Å². The second-order valence-electron chi connectivity index (χ2n) is 3.82.